The van der Waals surface area contributed by atoms with Crippen LogP contribution in [0, 0.1) is 17.7 Å². The quantitative estimate of drug-likeness (QED) is 0.927. The monoisotopic (exact) mass is 289 g/mol. The van der Waals surface area contributed by atoms with Crippen LogP contribution in [-0.4, -0.2) is 35.0 Å². The number of carboxylic acid groups (broad SMARTS) is 1. The zero-order valence-electron chi connectivity index (χ0n) is 11.5. The van der Waals surface area contributed by atoms with E-state index < -0.39 is 11.9 Å². The Kier molecular flexibility index (Phi) is 3.49. The third-order valence-corrected chi connectivity index (χ3v) is 4.16. The summed E-state index contributed by atoms with van der Waals surface area (Å²) in [4.78, 5) is 24.7. The van der Waals surface area contributed by atoms with Crippen LogP contribution in [0.2, 0.25) is 0 Å². The Morgan fingerprint density at radius 3 is 2.43 bits per heavy atom. The summed E-state index contributed by atoms with van der Waals surface area (Å²) in [6.07, 6.45) is 3.13. The van der Waals surface area contributed by atoms with E-state index in [-0.39, 0.29) is 17.6 Å². The smallest absolute Gasteiger partial charge is 0.307 e. The first-order valence-corrected chi connectivity index (χ1v) is 7.03. The molecule has 1 N–H and O–H groups in total. The van der Waals surface area contributed by atoms with E-state index in [0.717, 1.165) is 11.1 Å². The number of nitrogens with zero attached hydrogens (tertiary/aromatic N) is 1. The number of carbonyl (C=O) groups excluding carboxylic acids is 1. The molecule has 4 nitrogen and oxygen atoms in total. The van der Waals surface area contributed by atoms with Crippen LogP contribution in [0.15, 0.2) is 30.3 Å². The van der Waals surface area contributed by atoms with Crippen LogP contribution in [0.3, 0.4) is 0 Å². The van der Waals surface area contributed by atoms with E-state index in [9.17, 15) is 14.0 Å². The lowest BCUT2D eigenvalue weighted by Gasteiger charge is -2.27. The molecule has 0 saturated heterocycles. The van der Waals surface area contributed by atoms with Gasteiger partial charge in [-0.05, 0) is 36.1 Å². The molecule has 2 aliphatic rings. The van der Waals surface area contributed by atoms with E-state index in [2.05, 4.69) is 0 Å². The van der Waals surface area contributed by atoms with Gasteiger partial charge in [0.15, 0.2) is 0 Å². The minimum absolute atomic E-state index is 0.0585. The maximum Gasteiger partial charge on any atom is 0.307 e. The molecule has 0 bridgehead atoms. The lowest BCUT2D eigenvalue weighted by atomic mass is 9.99. The largest absolute Gasteiger partial charge is 0.481 e. The van der Waals surface area contributed by atoms with Crippen molar-refractivity contribution < 1.29 is 19.1 Å². The first-order chi connectivity index (χ1) is 10.1. The highest BCUT2D eigenvalue weighted by molar-refractivity contribution is 5.90. The Bertz CT molecular complexity index is 608. The van der Waals surface area contributed by atoms with Crippen LogP contribution in [0.5, 0.6) is 0 Å². The van der Waals surface area contributed by atoms with Crippen molar-refractivity contribution in [3.8, 4) is 0 Å². The molecule has 21 heavy (non-hydrogen) atoms. The van der Waals surface area contributed by atoms with Crippen LogP contribution in [0.4, 0.5) is 4.39 Å². The van der Waals surface area contributed by atoms with Crippen molar-refractivity contribution in [2.45, 2.75) is 12.8 Å². The molecule has 2 unspecified atom stereocenters. The molecule has 1 aliphatic carbocycles. The van der Waals surface area contributed by atoms with Crippen molar-refractivity contribution in [2.24, 2.45) is 11.8 Å². The van der Waals surface area contributed by atoms with E-state index in [1.165, 1.54) is 12.1 Å². The molecule has 1 amide bonds. The van der Waals surface area contributed by atoms with E-state index in [1.807, 2.05) is 6.08 Å². The molecule has 1 aromatic carbocycles. The van der Waals surface area contributed by atoms with Crippen LogP contribution in [0.1, 0.15) is 18.4 Å². The Hall–Kier alpha value is -2.17. The molecule has 1 aromatic rings. The Balaban J connectivity index is 1.63. The van der Waals surface area contributed by atoms with Gasteiger partial charge in [0, 0.05) is 13.1 Å². The summed E-state index contributed by atoms with van der Waals surface area (Å²) in [6.45, 7) is 1.08. The predicted molar refractivity (Wildman–Crippen MR) is 74.8 cm³/mol. The summed E-state index contributed by atoms with van der Waals surface area (Å²) in [6, 6.07) is 6.32. The van der Waals surface area contributed by atoms with Gasteiger partial charge < -0.3 is 10.0 Å². The van der Waals surface area contributed by atoms with Gasteiger partial charge in [0.05, 0.1) is 11.8 Å². The predicted octanol–water partition coefficient (Wildman–Crippen LogP) is 2.16. The number of rotatable bonds is 3. The number of carboxylic acids is 1. The van der Waals surface area contributed by atoms with Gasteiger partial charge in [0.2, 0.25) is 5.91 Å². The number of halogens is 1. The van der Waals surface area contributed by atoms with Gasteiger partial charge in [0.1, 0.15) is 5.82 Å². The first-order valence-electron chi connectivity index (χ1n) is 7.03. The number of hydrogen-bond acceptors (Lipinski definition) is 2. The van der Waals surface area contributed by atoms with Gasteiger partial charge in [-0.1, -0.05) is 18.2 Å². The van der Waals surface area contributed by atoms with Gasteiger partial charge in [-0.15, -0.1) is 0 Å². The summed E-state index contributed by atoms with van der Waals surface area (Å²) in [5, 5.41) is 8.87. The second kappa shape index (κ2) is 5.31. The fraction of sp³-hybridized carbons (Fsp3) is 0.375. The first kappa shape index (κ1) is 13.8. The Morgan fingerprint density at radius 1 is 1.19 bits per heavy atom. The van der Waals surface area contributed by atoms with Crippen LogP contribution in [-0.2, 0) is 9.59 Å². The summed E-state index contributed by atoms with van der Waals surface area (Å²) in [7, 11) is 0. The van der Waals surface area contributed by atoms with Crippen molar-refractivity contribution in [2.75, 3.05) is 13.1 Å². The molecule has 1 saturated carbocycles. The Labute approximate surface area is 121 Å². The van der Waals surface area contributed by atoms with Crippen LogP contribution < -0.4 is 0 Å². The van der Waals surface area contributed by atoms with Gasteiger partial charge in [-0.2, -0.15) is 0 Å². The summed E-state index contributed by atoms with van der Waals surface area (Å²) < 4.78 is 12.9. The fourth-order valence-corrected chi connectivity index (χ4v) is 2.77. The number of amides is 1. The molecule has 0 radical (unpaired) electrons. The summed E-state index contributed by atoms with van der Waals surface area (Å²) in [5.74, 6) is -2.05. The molecule has 3 rings (SSSR count). The zero-order chi connectivity index (χ0) is 15.0. The molecule has 2 atom stereocenters. The molecule has 5 heteroatoms. The molecule has 110 valence electrons. The van der Waals surface area contributed by atoms with E-state index >= 15 is 0 Å². The topological polar surface area (TPSA) is 57.6 Å². The van der Waals surface area contributed by atoms with Crippen molar-refractivity contribution in [3.05, 3.63) is 41.7 Å². The SMILES string of the molecule is O=C(O)C1CC1C(=O)N1CC=C(c2ccc(F)cc2)CC1. The normalized spacial score (nSPS) is 24.4. The van der Waals surface area contributed by atoms with Gasteiger partial charge >= 0.3 is 5.97 Å². The molecule has 0 aromatic heterocycles. The van der Waals surface area contributed by atoms with Crippen molar-refractivity contribution in [1.29, 1.82) is 0 Å². The highest BCUT2D eigenvalue weighted by Gasteiger charge is 2.49. The highest BCUT2D eigenvalue weighted by atomic mass is 19.1. The number of hydrogen-bond donors (Lipinski definition) is 1. The Morgan fingerprint density at radius 2 is 1.90 bits per heavy atom. The highest BCUT2D eigenvalue weighted by Crippen LogP contribution is 2.40. The molecule has 1 heterocycles. The van der Waals surface area contributed by atoms with E-state index in [1.54, 1.807) is 17.0 Å². The maximum absolute atomic E-state index is 12.9. The standard InChI is InChI=1S/C16H16FNO3/c17-12-3-1-10(2-4-12)11-5-7-18(8-6-11)15(19)13-9-14(13)16(20)21/h1-5,13-14H,6-9H2,(H,20,21). The van der Waals surface area contributed by atoms with E-state index in [0.29, 0.717) is 25.9 Å². The number of benzene rings is 1. The lowest BCUT2D eigenvalue weighted by Crippen LogP contribution is -2.36. The summed E-state index contributed by atoms with van der Waals surface area (Å²) >= 11 is 0. The maximum atomic E-state index is 12.9. The van der Waals surface area contributed by atoms with E-state index in [4.69, 9.17) is 5.11 Å². The average molecular weight is 289 g/mol. The van der Waals surface area contributed by atoms with Gasteiger partial charge in [-0.3, -0.25) is 9.59 Å². The lowest BCUT2D eigenvalue weighted by molar-refractivity contribution is -0.141. The second-order valence-corrected chi connectivity index (χ2v) is 5.56. The van der Waals surface area contributed by atoms with Crippen molar-refractivity contribution in [1.82, 2.24) is 4.90 Å². The minimum atomic E-state index is -0.882. The van der Waals surface area contributed by atoms with Crippen LogP contribution >= 0.6 is 0 Å². The third-order valence-electron chi connectivity index (χ3n) is 4.16. The van der Waals surface area contributed by atoms with Crippen LogP contribution in [0.25, 0.3) is 5.57 Å². The molecule has 0 spiro atoms. The summed E-state index contributed by atoms with van der Waals surface area (Å²) in [5.41, 5.74) is 2.07. The van der Waals surface area contributed by atoms with Gasteiger partial charge in [-0.25, -0.2) is 4.39 Å². The molecular formula is C16H16FNO3. The number of carbonyl (C=O) groups is 2. The molecule has 1 aliphatic heterocycles. The molecular weight excluding hydrogens is 273 g/mol. The second-order valence-electron chi connectivity index (χ2n) is 5.56. The molecule has 1 fully saturated rings. The fourth-order valence-electron chi connectivity index (χ4n) is 2.77. The zero-order valence-corrected chi connectivity index (χ0v) is 11.5. The van der Waals surface area contributed by atoms with Gasteiger partial charge in [0.25, 0.3) is 0 Å². The number of aliphatic carboxylic acids is 1. The average Bonchev–Trinajstić information content (AvgIpc) is 3.28. The van der Waals surface area contributed by atoms with Crippen molar-refractivity contribution >= 4 is 17.4 Å². The third kappa shape index (κ3) is 2.82. The minimum Gasteiger partial charge on any atom is -0.481 e. The van der Waals surface area contributed by atoms with Crippen molar-refractivity contribution in [3.63, 3.8) is 0 Å².